The summed E-state index contributed by atoms with van der Waals surface area (Å²) in [5, 5.41) is 19.8. The first-order chi connectivity index (χ1) is 11.3. The van der Waals surface area contributed by atoms with E-state index in [1.54, 1.807) is 0 Å². The first-order valence-corrected chi connectivity index (χ1v) is 10.2. The maximum Gasteiger partial charge on any atom is 0.303 e. The van der Waals surface area contributed by atoms with Crippen molar-refractivity contribution < 1.29 is 15.0 Å². The molecule has 4 rings (SSSR count). The van der Waals surface area contributed by atoms with Gasteiger partial charge in [0, 0.05) is 6.42 Å². The molecule has 3 nitrogen and oxygen atoms in total. The Labute approximate surface area is 146 Å². The summed E-state index contributed by atoms with van der Waals surface area (Å²) in [6.07, 6.45) is 11.1. The lowest BCUT2D eigenvalue weighted by Crippen LogP contribution is -2.50. The Morgan fingerprint density at radius 2 is 1.71 bits per heavy atom. The molecule has 0 radical (unpaired) electrons. The van der Waals surface area contributed by atoms with Crippen molar-refractivity contribution in [3.05, 3.63) is 0 Å². The van der Waals surface area contributed by atoms with E-state index in [2.05, 4.69) is 6.92 Å². The molecule has 4 aliphatic rings. The van der Waals surface area contributed by atoms with Crippen molar-refractivity contribution in [1.29, 1.82) is 0 Å². The van der Waals surface area contributed by atoms with Crippen molar-refractivity contribution in [2.45, 2.75) is 83.7 Å². The molecule has 0 aromatic rings. The van der Waals surface area contributed by atoms with Crippen LogP contribution >= 0.6 is 0 Å². The molecule has 4 fully saturated rings. The fourth-order valence-corrected chi connectivity index (χ4v) is 7.74. The first-order valence-electron chi connectivity index (χ1n) is 10.2. The molecule has 2 N–H and O–H groups in total. The van der Waals surface area contributed by atoms with Crippen molar-refractivity contribution in [2.75, 3.05) is 0 Å². The van der Waals surface area contributed by atoms with Gasteiger partial charge in [-0.25, -0.2) is 0 Å². The van der Waals surface area contributed by atoms with Gasteiger partial charge in [0.15, 0.2) is 0 Å². The maximum atomic E-state index is 11.3. The Kier molecular flexibility index (Phi) is 4.02. The monoisotopic (exact) mass is 334 g/mol. The van der Waals surface area contributed by atoms with E-state index in [-0.39, 0.29) is 5.41 Å². The van der Waals surface area contributed by atoms with Crippen molar-refractivity contribution >= 4 is 5.97 Å². The number of carboxylic acid groups (broad SMARTS) is 1. The van der Waals surface area contributed by atoms with Crippen molar-refractivity contribution in [1.82, 2.24) is 0 Å². The average Bonchev–Trinajstić information content (AvgIpc) is 2.82. The summed E-state index contributed by atoms with van der Waals surface area (Å²) < 4.78 is 0. The van der Waals surface area contributed by atoms with Crippen LogP contribution in [0.25, 0.3) is 0 Å². The second-order valence-electron chi connectivity index (χ2n) is 10.1. The molecular weight excluding hydrogens is 300 g/mol. The van der Waals surface area contributed by atoms with E-state index in [0.717, 1.165) is 48.9 Å². The highest BCUT2D eigenvalue weighted by molar-refractivity contribution is 5.67. The lowest BCUT2D eigenvalue weighted by atomic mass is 9.49. The van der Waals surface area contributed by atoms with E-state index in [9.17, 15) is 15.0 Å². The van der Waals surface area contributed by atoms with E-state index < -0.39 is 11.6 Å². The van der Waals surface area contributed by atoms with Gasteiger partial charge in [0.05, 0.1) is 5.60 Å². The van der Waals surface area contributed by atoms with Gasteiger partial charge in [-0.1, -0.05) is 6.92 Å². The molecule has 0 bridgehead atoms. The predicted molar refractivity (Wildman–Crippen MR) is 93.5 cm³/mol. The molecule has 0 aliphatic heterocycles. The molecule has 2 unspecified atom stereocenters. The molecule has 0 saturated heterocycles. The van der Waals surface area contributed by atoms with Crippen LogP contribution in [0.5, 0.6) is 0 Å². The molecule has 0 amide bonds. The number of rotatable bonds is 2. The zero-order chi connectivity index (χ0) is 17.1. The highest BCUT2D eigenvalue weighted by Gasteiger charge is 2.57. The minimum Gasteiger partial charge on any atom is -0.481 e. The van der Waals surface area contributed by atoms with Crippen LogP contribution in [0.3, 0.4) is 0 Å². The SMILES string of the molecule is C[C@@]1(O)CC[C@@H]2C3CC[C@@]4(C)C(CC[C@@H]4CC(=O)O)[C@@H]3CC[C@@H]2C1. The largest absolute Gasteiger partial charge is 0.481 e. The number of hydrogen-bond acceptors (Lipinski definition) is 2. The van der Waals surface area contributed by atoms with Crippen LogP contribution in [0.4, 0.5) is 0 Å². The van der Waals surface area contributed by atoms with Crippen LogP contribution in [-0.4, -0.2) is 21.8 Å². The minimum atomic E-state index is -0.609. The third-order valence-corrected chi connectivity index (χ3v) is 8.85. The van der Waals surface area contributed by atoms with Crippen LogP contribution in [0.1, 0.15) is 78.1 Å². The summed E-state index contributed by atoms with van der Waals surface area (Å²) in [5.41, 5.74) is -0.163. The fourth-order valence-electron chi connectivity index (χ4n) is 7.74. The van der Waals surface area contributed by atoms with Crippen LogP contribution in [-0.2, 0) is 4.79 Å². The third kappa shape index (κ3) is 2.62. The Bertz CT molecular complexity index is 513. The highest BCUT2D eigenvalue weighted by atomic mass is 16.4. The summed E-state index contributed by atoms with van der Waals surface area (Å²) in [5.74, 6) is 3.77. The molecule has 0 aromatic heterocycles. The van der Waals surface area contributed by atoms with Gasteiger partial charge < -0.3 is 10.2 Å². The normalized spacial score (nSPS) is 53.8. The zero-order valence-corrected chi connectivity index (χ0v) is 15.3. The molecule has 4 aliphatic carbocycles. The highest BCUT2D eigenvalue weighted by Crippen LogP contribution is 2.65. The van der Waals surface area contributed by atoms with Gasteiger partial charge in [-0.15, -0.1) is 0 Å². The standard InChI is InChI=1S/C21H34O3/c1-20(24)9-7-15-13(12-20)3-5-17-16(15)8-10-21(2)14(11-19(22)23)4-6-18(17)21/h13-18,24H,3-12H2,1-2H3,(H,22,23)/t13-,14-,15+,16?,17-,18?,20-,21-/m1/s1. The van der Waals surface area contributed by atoms with Crippen LogP contribution < -0.4 is 0 Å². The Balaban J connectivity index is 1.52. The Hall–Kier alpha value is -0.570. The third-order valence-electron chi connectivity index (χ3n) is 8.85. The average molecular weight is 335 g/mol. The fraction of sp³-hybridized carbons (Fsp3) is 0.952. The van der Waals surface area contributed by atoms with Crippen LogP contribution in [0.2, 0.25) is 0 Å². The van der Waals surface area contributed by atoms with Gasteiger partial charge in [-0.2, -0.15) is 0 Å². The molecule has 0 heterocycles. The topological polar surface area (TPSA) is 57.5 Å². The number of carboxylic acids is 1. The summed E-state index contributed by atoms with van der Waals surface area (Å²) in [7, 11) is 0. The number of fused-ring (bicyclic) bond motifs is 5. The lowest BCUT2D eigenvalue weighted by Gasteiger charge is -2.57. The second kappa shape index (κ2) is 5.72. The quantitative estimate of drug-likeness (QED) is 0.783. The summed E-state index contributed by atoms with van der Waals surface area (Å²) in [6, 6.07) is 0. The van der Waals surface area contributed by atoms with E-state index >= 15 is 0 Å². The summed E-state index contributed by atoms with van der Waals surface area (Å²) >= 11 is 0. The number of aliphatic hydroxyl groups is 1. The van der Waals surface area contributed by atoms with Gasteiger partial charge in [0.25, 0.3) is 0 Å². The maximum absolute atomic E-state index is 11.3. The zero-order valence-electron chi connectivity index (χ0n) is 15.3. The molecule has 0 spiro atoms. The van der Waals surface area contributed by atoms with Crippen molar-refractivity contribution in [2.24, 2.45) is 40.9 Å². The van der Waals surface area contributed by atoms with Crippen molar-refractivity contribution in [3.63, 3.8) is 0 Å². The van der Waals surface area contributed by atoms with Gasteiger partial charge in [0.2, 0.25) is 0 Å². The summed E-state index contributed by atoms with van der Waals surface area (Å²) in [4.78, 5) is 11.3. The minimum absolute atomic E-state index is 0.270. The van der Waals surface area contributed by atoms with E-state index in [4.69, 9.17) is 0 Å². The predicted octanol–water partition coefficient (Wildman–Crippen LogP) is 4.48. The number of aliphatic carboxylic acids is 1. The van der Waals surface area contributed by atoms with E-state index in [0.29, 0.717) is 12.3 Å². The molecular formula is C21H34O3. The van der Waals surface area contributed by atoms with Crippen molar-refractivity contribution in [3.8, 4) is 0 Å². The molecule has 3 heteroatoms. The van der Waals surface area contributed by atoms with Gasteiger partial charge >= 0.3 is 5.97 Å². The molecule has 0 aromatic carbocycles. The second-order valence-corrected chi connectivity index (χ2v) is 10.1. The summed E-state index contributed by atoms with van der Waals surface area (Å²) in [6.45, 7) is 4.44. The number of hydrogen-bond donors (Lipinski definition) is 2. The van der Waals surface area contributed by atoms with Gasteiger partial charge in [0.1, 0.15) is 0 Å². The van der Waals surface area contributed by atoms with Crippen LogP contribution in [0.15, 0.2) is 0 Å². The van der Waals surface area contributed by atoms with E-state index in [1.165, 1.54) is 38.5 Å². The Morgan fingerprint density at radius 1 is 0.958 bits per heavy atom. The molecule has 8 atom stereocenters. The first kappa shape index (κ1) is 16.9. The Morgan fingerprint density at radius 3 is 2.46 bits per heavy atom. The van der Waals surface area contributed by atoms with E-state index in [1.807, 2.05) is 6.92 Å². The molecule has 136 valence electrons. The smallest absolute Gasteiger partial charge is 0.303 e. The number of carbonyl (C=O) groups is 1. The van der Waals surface area contributed by atoms with Crippen LogP contribution in [0, 0.1) is 40.9 Å². The van der Waals surface area contributed by atoms with Gasteiger partial charge in [-0.3, -0.25) is 4.79 Å². The molecule has 4 saturated carbocycles. The van der Waals surface area contributed by atoms with Gasteiger partial charge in [-0.05, 0) is 106 Å². The molecule has 24 heavy (non-hydrogen) atoms. The lowest BCUT2D eigenvalue weighted by molar-refractivity contribution is -0.140.